The Hall–Kier alpha value is -9.93. The van der Waals surface area contributed by atoms with Crippen molar-refractivity contribution in [3.8, 4) is 0 Å². The predicted octanol–water partition coefficient (Wildman–Crippen LogP) is 11.0. The van der Waals surface area contributed by atoms with Crippen LogP contribution < -0.4 is 32.3 Å². The van der Waals surface area contributed by atoms with Crippen LogP contribution in [0.3, 0.4) is 0 Å². The molecule has 0 spiro atoms. The molecule has 0 aliphatic heterocycles. The second-order valence-electron chi connectivity index (χ2n) is 17.4. The summed E-state index contributed by atoms with van der Waals surface area (Å²) in [7, 11) is 0. The van der Waals surface area contributed by atoms with Crippen molar-refractivity contribution in [1.29, 1.82) is 0 Å². The second kappa shape index (κ2) is 27.4. The molecule has 0 unspecified atom stereocenters. The van der Waals surface area contributed by atoms with E-state index in [-0.39, 0.29) is 29.5 Å². The zero-order chi connectivity index (χ0) is 55.4. The van der Waals surface area contributed by atoms with Gasteiger partial charge in [-0.15, -0.1) is 0 Å². The Kier molecular flexibility index (Phi) is 20.0. The molecule has 8 rings (SSSR count). The number of nitrogen functional groups attached to an aromatic ring is 1. The molecule has 2 heterocycles. The van der Waals surface area contributed by atoms with Crippen LogP contribution >= 0.6 is 11.6 Å². The summed E-state index contributed by atoms with van der Waals surface area (Å²) in [6, 6.07) is 40.0. The lowest BCUT2D eigenvalue weighted by Crippen LogP contribution is -2.16. The number of aryl methyl sites for hydroxylation is 4. The number of nitrogens with one attached hydrogen (secondary N) is 5. The van der Waals surface area contributed by atoms with Gasteiger partial charge in [0.15, 0.2) is 0 Å². The molecule has 16 nitrogen and oxygen atoms in total. The minimum absolute atomic E-state index is 0.233. The third kappa shape index (κ3) is 17.6. The summed E-state index contributed by atoms with van der Waals surface area (Å²) >= 11 is 4.71. The van der Waals surface area contributed by atoms with E-state index in [9.17, 15) is 28.8 Å². The quantitative estimate of drug-likeness (QED) is 0.0321. The number of amides is 5. The highest BCUT2D eigenvalue weighted by molar-refractivity contribution is 6.66. The van der Waals surface area contributed by atoms with Gasteiger partial charge in [0, 0.05) is 57.8 Å². The lowest BCUT2D eigenvalue weighted by atomic mass is 10.1. The molecule has 388 valence electrons. The molecule has 7 N–H and O–H groups in total. The number of anilines is 6. The summed E-state index contributed by atoms with van der Waals surface area (Å²) in [5.41, 5.74) is 16.6. The van der Waals surface area contributed by atoms with Crippen LogP contribution in [-0.2, 0) is 22.4 Å². The summed E-state index contributed by atoms with van der Waals surface area (Å²) in [5, 5.41) is 13.6. The van der Waals surface area contributed by atoms with Crippen molar-refractivity contribution in [1.82, 2.24) is 19.9 Å². The number of nitrogens with zero attached hydrogens (tertiary/aromatic N) is 4. The maximum Gasteiger partial charge on any atom is 0.256 e. The van der Waals surface area contributed by atoms with Crippen LogP contribution in [-0.4, -0.2) is 54.7 Å². The van der Waals surface area contributed by atoms with Crippen molar-refractivity contribution >= 4 is 80.5 Å². The highest BCUT2D eigenvalue weighted by Gasteiger charge is 2.16. The van der Waals surface area contributed by atoms with E-state index in [1.54, 1.807) is 85.5 Å². The van der Waals surface area contributed by atoms with Crippen LogP contribution in [0.25, 0.3) is 0 Å². The third-order valence-corrected chi connectivity index (χ3v) is 11.3. The predicted molar refractivity (Wildman–Crippen MR) is 303 cm³/mol. The number of carbonyl (C=O) groups is 6. The van der Waals surface area contributed by atoms with E-state index in [2.05, 4.69) is 59.7 Å². The van der Waals surface area contributed by atoms with Crippen molar-refractivity contribution in [2.75, 3.05) is 32.3 Å². The highest BCUT2D eigenvalue weighted by Crippen LogP contribution is 2.22. The first kappa shape index (κ1) is 56.4. The van der Waals surface area contributed by atoms with E-state index in [0.29, 0.717) is 80.9 Å². The number of carbonyl (C=O) groups excluding carboxylic acids is 6. The second-order valence-corrected chi connectivity index (χ2v) is 17.8. The number of hydrogen-bond acceptors (Lipinski definition) is 11. The van der Waals surface area contributed by atoms with Gasteiger partial charge in [-0.2, -0.15) is 0 Å². The first-order valence-electron chi connectivity index (χ1n) is 23.9. The minimum atomic E-state index is -0.509. The van der Waals surface area contributed by atoms with Crippen LogP contribution in [0.2, 0.25) is 0 Å². The monoisotopic (exact) mass is 1050 g/mol. The van der Waals surface area contributed by atoms with Gasteiger partial charge in [0.2, 0.25) is 11.1 Å². The number of halogens is 1. The largest absolute Gasteiger partial charge is 0.399 e. The third-order valence-electron chi connectivity index (χ3n) is 11.2. The molecule has 0 saturated carbocycles. The van der Waals surface area contributed by atoms with Gasteiger partial charge in [0.05, 0.1) is 36.2 Å². The van der Waals surface area contributed by atoms with Crippen LogP contribution in [0, 0.1) is 27.7 Å². The number of allylic oxidation sites excluding steroid dienone is 1. The van der Waals surface area contributed by atoms with Gasteiger partial charge in [-0.25, -0.2) is 19.9 Å². The van der Waals surface area contributed by atoms with Crippen molar-refractivity contribution in [2.24, 2.45) is 0 Å². The molecule has 0 aliphatic carbocycles. The van der Waals surface area contributed by atoms with Crippen molar-refractivity contribution < 1.29 is 28.8 Å². The molecular weight excluding hydrogens is 992 g/mol. The van der Waals surface area contributed by atoms with Gasteiger partial charge < -0.3 is 32.3 Å². The summed E-state index contributed by atoms with van der Waals surface area (Å²) in [6.07, 6.45) is 9.49. The van der Waals surface area contributed by atoms with Gasteiger partial charge in [-0.05, 0) is 146 Å². The maximum atomic E-state index is 13.0. The van der Waals surface area contributed by atoms with Crippen LogP contribution in [0.15, 0.2) is 184 Å². The van der Waals surface area contributed by atoms with Gasteiger partial charge in [0.1, 0.15) is 11.6 Å². The van der Waals surface area contributed by atoms with Crippen LogP contribution in [0.4, 0.5) is 34.1 Å². The first-order chi connectivity index (χ1) is 36.9. The summed E-state index contributed by atoms with van der Waals surface area (Å²) in [6.45, 7) is 14.0. The van der Waals surface area contributed by atoms with E-state index in [4.69, 9.17) is 17.3 Å². The Morgan fingerprint density at radius 2 is 0.870 bits per heavy atom. The Morgan fingerprint density at radius 1 is 0.468 bits per heavy atom. The van der Waals surface area contributed by atoms with Gasteiger partial charge >= 0.3 is 0 Å². The summed E-state index contributed by atoms with van der Waals surface area (Å²) in [4.78, 5) is 89.5. The van der Waals surface area contributed by atoms with E-state index < -0.39 is 5.24 Å². The Labute approximate surface area is 451 Å². The van der Waals surface area contributed by atoms with Gasteiger partial charge in [0.25, 0.3) is 23.6 Å². The average Bonchev–Trinajstić information content (AvgIpc) is 3.42. The number of benzene rings is 6. The fraction of sp³-hybridized carbons (Fsp3) is 0.100. The van der Waals surface area contributed by atoms with E-state index >= 15 is 0 Å². The van der Waals surface area contributed by atoms with Crippen LogP contribution in [0.5, 0.6) is 0 Å². The molecule has 5 amide bonds. The first-order valence-corrected chi connectivity index (χ1v) is 24.2. The molecule has 2 aromatic heterocycles. The van der Waals surface area contributed by atoms with Crippen molar-refractivity contribution in [3.63, 3.8) is 0 Å². The lowest BCUT2D eigenvalue weighted by Gasteiger charge is -2.11. The van der Waals surface area contributed by atoms with Gasteiger partial charge in [-0.3, -0.25) is 28.8 Å². The SMILES string of the molecule is C=CC(=O)Cl.C=CC(=O)Nc1cccc(Cc2ncc(NC(=O)c3cc(NC(=O)c4cccc(C)c4)ccc3C)cn2)c1.Cc1cccc(C(=O)Nc2ccc(C)c(C(=O)Nc3cnc(Cc4cccc(N)c4)nc3)c2)c1. The number of nitrogens with two attached hydrogens (primary N) is 1. The molecule has 0 atom stereocenters. The van der Waals surface area contributed by atoms with Crippen molar-refractivity contribution in [2.45, 2.75) is 40.5 Å². The topological polar surface area (TPSA) is 240 Å². The Bertz CT molecular complexity index is 3470. The molecular formula is C60H55ClN10O6. The number of rotatable bonds is 15. The Balaban J connectivity index is 0.000000230. The molecule has 6 aromatic carbocycles. The molecule has 77 heavy (non-hydrogen) atoms. The minimum Gasteiger partial charge on any atom is -0.399 e. The standard InChI is InChI=1S/C30H27N5O3.C27H25N5O2.C3H3ClO/c1-4-28(36)33-23-10-6-8-21(14-23)15-27-31-17-25(18-32-27)35-30(38)26-16-24(12-11-20(26)3)34-29(37)22-9-5-7-19(2)13-22;1-17-5-3-7-20(11-17)26(33)31-22-10-9-18(2)24(14-22)27(34)32-23-15-29-25(30-16-23)13-19-6-4-8-21(28)12-19;1-2-3(4)5/h4-14,16-18H,1,15H2,2-3H3,(H,33,36)(H,34,37)(H,35,38);3-12,14-16H,13,28H2,1-2H3,(H,31,33)(H,32,34);2H,1H2. The van der Waals surface area contributed by atoms with Crippen molar-refractivity contribution in [3.05, 3.63) is 251 Å². The normalized spacial score (nSPS) is 10.2. The molecule has 0 aliphatic rings. The molecule has 17 heteroatoms. The number of hydrogen-bond donors (Lipinski definition) is 6. The van der Waals surface area contributed by atoms with Crippen LogP contribution in [0.1, 0.15) is 86.5 Å². The Morgan fingerprint density at radius 3 is 1.29 bits per heavy atom. The fourth-order valence-electron chi connectivity index (χ4n) is 7.31. The maximum absolute atomic E-state index is 13.0. The zero-order valence-corrected chi connectivity index (χ0v) is 43.4. The number of aromatic nitrogens is 4. The van der Waals surface area contributed by atoms with Gasteiger partial charge in [-0.1, -0.05) is 84.9 Å². The fourth-order valence-corrected chi connectivity index (χ4v) is 7.31. The summed E-state index contributed by atoms with van der Waals surface area (Å²) < 4.78 is 0. The van der Waals surface area contributed by atoms with E-state index in [1.165, 1.54) is 6.08 Å². The average molecular weight is 1050 g/mol. The van der Waals surface area contributed by atoms with E-state index in [1.807, 2.05) is 100 Å². The summed E-state index contributed by atoms with van der Waals surface area (Å²) in [5.74, 6) is -0.224. The zero-order valence-electron chi connectivity index (χ0n) is 42.7. The molecule has 8 aromatic rings. The molecule has 0 saturated heterocycles. The molecule has 0 radical (unpaired) electrons. The molecule has 0 fully saturated rings. The smallest absolute Gasteiger partial charge is 0.256 e. The van der Waals surface area contributed by atoms with E-state index in [0.717, 1.165) is 39.5 Å². The lowest BCUT2D eigenvalue weighted by molar-refractivity contribution is -0.112. The highest BCUT2D eigenvalue weighted by atomic mass is 35.5. The molecule has 0 bridgehead atoms.